The Labute approximate surface area is 156 Å². The van der Waals surface area contributed by atoms with Gasteiger partial charge >= 0.3 is 12.0 Å². The number of likely N-dealkylation sites (tertiary alicyclic amines) is 2. The number of urea groups is 1. The number of hydrogen-bond acceptors (Lipinski definition) is 3. The Balaban J connectivity index is 1.26. The molecule has 2 N–H and O–H groups in total. The monoisotopic (exact) mass is 363 g/mol. The van der Waals surface area contributed by atoms with Crippen LogP contribution in [0.5, 0.6) is 0 Å². The van der Waals surface area contributed by atoms with E-state index in [1.807, 2.05) is 0 Å². The van der Waals surface area contributed by atoms with Crippen molar-refractivity contribution in [2.24, 2.45) is 11.3 Å². The molecule has 0 spiro atoms. The Kier molecular flexibility index (Phi) is 5.13. The molecular formula is C20H33N3O3. The highest BCUT2D eigenvalue weighted by atomic mass is 16.4. The van der Waals surface area contributed by atoms with Gasteiger partial charge in [0.1, 0.15) is 0 Å². The van der Waals surface area contributed by atoms with Gasteiger partial charge in [-0.1, -0.05) is 25.7 Å². The van der Waals surface area contributed by atoms with Crippen LogP contribution in [0.15, 0.2) is 0 Å². The molecule has 0 unspecified atom stereocenters. The van der Waals surface area contributed by atoms with Gasteiger partial charge in [-0.25, -0.2) is 4.79 Å². The third-order valence-electron chi connectivity index (χ3n) is 7.53. The minimum absolute atomic E-state index is 0.0452. The second kappa shape index (κ2) is 7.37. The lowest BCUT2D eigenvalue weighted by molar-refractivity contribution is -0.149. The summed E-state index contributed by atoms with van der Waals surface area (Å²) in [5.74, 6) is -0.574. The molecule has 2 atom stereocenters. The standard InChI is InChI=1S/C20H33N3O3/c24-18(25)20-10-4-5-15(20)13-23(14-20)19(26)21-16-8-11-22(12-9-16)17-6-2-1-3-7-17/h15-17H,1-14H2,(H,21,26)(H,24,25)/t15-,20+/m0/s1. The average Bonchev–Trinajstić information content (AvgIpc) is 3.22. The number of carbonyl (C=O) groups excluding carboxylic acids is 1. The van der Waals surface area contributed by atoms with Gasteiger partial charge in [-0.3, -0.25) is 4.79 Å². The lowest BCUT2D eigenvalue weighted by Crippen LogP contribution is -2.51. The van der Waals surface area contributed by atoms with Crippen LogP contribution in [0, 0.1) is 11.3 Å². The number of nitrogens with zero attached hydrogens (tertiary/aromatic N) is 2. The Morgan fingerprint density at radius 2 is 1.69 bits per heavy atom. The lowest BCUT2D eigenvalue weighted by Gasteiger charge is -2.39. The molecule has 2 heterocycles. The highest BCUT2D eigenvalue weighted by Crippen LogP contribution is 2.48. The normalized spacial score (nSPS) is 34.0. The van der Waals surface area contributed by atoms with E-state index in [-0.39, 0.29) is 18.0 Å². The van der Waals surface area contributed by atoms with Crippen LogP contribution >= 0.6 is 0 Å². The highest BCUT2D eigenvalue weighted by molar-refractivity contribution is 5.80. The number of carboxylic acids is 1. The number of rotatable bonds is 3. The zero-order valence-corrected chi connectivity index (χ0v) is 15.8. The van der Waals surface area contributed by atoms with Gasteiger partial charge in [0, 0.05) is 38.3 Å². The first-order valence-electron chi connectivity index (χ1n) is 10.6. The highest BCUT2D eigenvalue weighted by Gasteiger charge is 2.55. The first-order chi connectivity index (χ1) is 12.6. The second-order valence-electron chi connectivity index (χ2n) is 8.98. The van der Waals surface area contributed by atoms with Gasteiger partial charge in [0.05, 0.1) is 5.41 Å². The summed E-state index contributed by atoms with van der Waals surface area (Å²) in [6.07, 6.45) is 11.5. The second-order valence-corrected chi connectivity index (χ2v) is 8.98. The molecule has 2 aliphatic carbocycles. The third-order valence-corrected chi connectivity index (χ3v) is 7.53. The number of carbonyl (C=O) groups is 2. The molecule has 2 saturated heterocycles. The van der Waals surface area contributed by atoms with Crippen molar-refractivity contribution in [3.8, 4) is 0 Å². The van der Waals surface area contributed by atoms with Crippen LogP contribution < -0.4 is 5.32 Å². The van der Waals surface area contributed by atoms with Gasteiger partial charge in [-0.15, -0.1) is 0 Å². The summed E-state index contributed by atoms with van der Waals surface area (Å²) < 4.78 is 0. The fraction of sp³-hybridized carbons (Fsp3) is 0.900. The molecular weight excluding hydrogens is 330 g/mol. The van der Waals surface area contributed by atoms with Crippen molar-refractivity contribution in [3.05, 3.63) is 0 Å². The first kappa shape index (κ1) is 18.1. The maximum absolute atomic E-state index is 12.7. The maximum atomic E-state index is 12.7. The maximum Gasteiger partial charge on any atom is 0.317 e. The number of nitrogens with one attached hydrogen (secondary N) is 1. The van der Waals surface area contributed by atoms with Crippen LogP contribution in [0.2, 0.25) is 0 Å². The van der Waals surface area contributed by atoms with E-state index in [1.54, 1.807) is 4.90 Å². The van der Waals surface area contributed by atoms with Gasteiger partial charge in [-0.05, 0) is 44.4 Å². The number of carboxylic acid groups (broad SMARTS) is 1. The minimum atomic E-state index is -0.712. The van der Waals surface area contributed by atoms with Gasteiger partial charge in [0.25, 0.3) is 0 Å². The molecule has 2 saturated carbocycles. The number of fused-ring (bicyclic) bond motifs is 1. The smallest absolute Gasteiger partial charge is 0.317 e. The van der Waals surface area contributed by atoms with Crippen molar-refractivity contribution in [2.75, 3.05) is 26.2 Å². The predicted octanol–water partition coefficient (Wildman–Crippen LogP) is 2.68. The first-order valence-corrected chi connectivity index (χ1v) is 10.6. The zero-order chi connectivity index (χ0) is 18.1. The molecule has 4 rings (SSSR count). The van der Waals surface area contributed by atoms with Gasteiger partial charge in [0.15, 0.2) is 0 Å². The van der Waals surface area contributed by atoms with Crippen molar-refractivity contribution in [3.63, 3.8) is 0 Å². The quantitative estimate of drug-likeness (QED) is 0.809. The van der Waals surface area contributed by atoms with E-state index in [4.69, 9.17) is 0 Å². The van der Waals surface area contributed by atoms with Gasteiger partial charge < -0.3 is 20.2 Å². The summed E-state index contributed by atoms with van der Waals surface area (Å²) in [6.45, 7) is 3.16. The van der Waals surface area contributed by atoms with Crippen LogP contribution in [-0.2, 0) is 4.79 Å². The molecule has 0 radical (unpaired) electrons. The largest absolute Gasteiger partial charge is 0.481 e. The molecule has 6 nitrogen and oxygen atoms in total. The summed E-state index contributed by atoms with van der Waals surface area (Å²) in [4.78, 5) is 28.9. The van der Waals surface area contributed by atoms with E-state index < -0.39 is 11.4 Å². The molecule has 2 amide bonds. The van der Waals surface area contributed by atoms with Crippen molar-refractivity contribution in [1.82, 2.24) is 15.1 Å². The molecule has 0 aromatic heterocycles. The molecule has 4 aliphatic rings. The summed E-state index contributed by atoms with van der Waals surface area (Å²) in [7, 11) is 0. The fourth-order valence-electron chi connectivity index (χ4n) is 5.91. The van der Waals surface area contributed by atoms with E-state index in [2.05, 4.69) is 10.2 Å². The molecule has 6 heteroatoms. The van der Waals surface area contributed by atoms with Crippen LogP contribution in [-0.4, -0.2) is 65.2 Å². The zero-order valence-electron chi connectivity index (χ0n) is 15.8. The van der Waals surface area contributed by atoms with Gasteiger partial charge in [0.2, 0.25) is 0 Å². The Morgan fingerprint density at radius 3 is 2.35 bits per heavy atom. The predicted molar refractivity (Wildman–Crippen MR) is 99.0 cm³/mol. The lowest BCUT2D eigenvalue weighted by atomic mass is 9.81. The summed E-state index contributed by atoms with van der Waals surface area (Å²) in [6, 6.07) is 0.952. The van der Waals surface area contributed by atoms with Gasteiger partial charge in [-0.2, -0.15) is 0 Å². The van der Waals surface area contributed by atoms with E-state index in [9.17, 15) is 14.7 Å². The third kappa shape index (κ3) is 3.32. The summed E-state index contributed by atoms with van der Waals surface area (Å²) >= 11 is 0. The molecule has 26 heavy (non-hydrogen) atoms. The number of piperidine rings is 1. The molecule has 0 bridgehead atoms. The van der Waals surface area contributed by atoms with E-state index >= 15 is 0 Å². The Hall–Kier alpha value is -1.30. The van der Waals surface area contributed by atoms with Crippen molar-refractivity contribution < 1.29 is 14.7 Å². The number of amides is 2. The fourth-order valence-corrected chi connectivity index (χ4v) is 5.91. The topological polar surface area (TPSA) is 72.9 Å². The van der Waals surface area contributed by atoms with E-state index in [0.29, 0.717) is 13.1 Å². The Bertz CT molecular complexity index is 540. The van der Waals surface area contributed by atoms with Crippen LogP contribution in [0.1, 0.15) is 64.2 Å². The van der Waals surface area contributed by atoms with E-state index in [1.165, 1.54) is 32.1 Å². The number of aliphatic carboxylic acids is 1. The molecule has 146 valence electrons. The molecule has 0 aromatic rings. The minimum Gasteiger partial charge on any atom is -0.481 e. The van der Waals surface area contributed by atoms with Crippen molar-refractivity contribution >= 4 is 12.0 Å². The number of hydrogen-bond donors (Lipinski definition) is 2. The Morgan fingerprint density at radius 1 is 0.962 bits per heavy atom. The van der Waals surface area contributed by atoms with Crippen molar-refractivity contribution in [1.29, 1.82) is 0 Å². The van der Waals surface area contributed by atoms with Crippen LogP contribution in [0.3, 0.4) is 0 Å². The summed E-state index contributed by atoms with van der Waals surface area (Å²) in [5.41, 5.74) is -0.679. The van der Waals surface area contributed by atoms with Crippen molar-refractivity contribution in [2.45, 2.75) is 76.3 Å². The van der Waals surface area contributed by atoms with Crippen LogP contribution in [0.25, 0.3) is 0 Å². The molecule has 4 fully saturated rings. The molecule has 2 aliphatic heterocycles. The SMILES string of the molecule is O=C(NC1CCN(C2CCCCC2)CC1)N1C[C@@H]2CCC[C@@]2(C(=O)O)C1. The average molecular weight is 364 g/mol. The summed E-state index contributed by atoms with van der Waals surface area (Å²) in [5, 5.41) is 12.9. The van der Waals surface area contributed by atoms with E-state index in [0.717, 1.165) is 51.2 Å². The molecule has 0 aromatic carbocycles. The van der Waals surface area contributed by atoms with Crippen LogP contribution in [0.4, 0.5) is 4.79 Å².